The summed E-state index contributed by atoms with van der Waals surface area (Å²) < 4.78 is 33.3. The molecular weight excluding hydrogens is 362 g/mol. The maximum Gasteiger partial charge on any atom is 0.266 e. The van der Waals surface area contributed by atoms with Crippen molar-refractivity contribution in [2.24, 2.45) is 0 Å². The smallest absolute Gasteiger partial charge is 0.266 e. The van der Waals surface area contributed by atoms with Crippen LogP contribution in [0, 0.1) is 13.5 Å². The van der Waals surface area contributed by atoms with Crippen molar-refractivity contribution in [2.45, 2.75) is 11.8 Å². The average Bonchev–Trinajstić information content (AvgIpc) is 2.67. The number of sulfonamides is 1. The van der Waals surface area contributed by atoms with Crippen molar-refractivity contribution in [1.29, 1.82) is 0 Å². The summed E-state index contributed by atoms with van der Waals surface area (Å²) in [5.41, 5.74) is 2.90. The Morgan fingerprint density at radius 1 is 1.04 bits per heavy atom. The summed E-state index contributed by atoms with van der Waals surface area (Å²) in [5.74, 6) is 0.470. The SMILES string of the molecule is [C-]#[N+]c1ccc(-c2ccc(S(=O)(=O)Nc3cccc(C)n3)c(OC)c2)cc1. The molecule has 0 fully saturated rings. The van der Waals surface area contributed by atoms with Crippen molar-refractivity contribution in [1.82, 2.24) is 4.98 Å². The van der Waals surface area contributed by atoms with E-state index in [1.165, 1.54) is 13.2 Å². The van der Waals surface area contributed by atoms with Gasteiger partial charge in [-0.15, -0.1) is 0 Å². The number of rotatable bonds is 5. The van der Waals surface area contributed by atoms with E-state index in [0.29, 0.717) is 11.4 Å². The molecule has 1 N–H and O–H groups in total. The number of nitrogens with one attached hydrogen (secondary N) is 1. The summed E-state index contributed by atoms with van der Waals surface area (Å²) in [5, 5.41) is 0. The third-order valence-corrected chi connectivity index (χ3v) is 5.30. The molecular formula is C20H17N3O3S. The second kappa shape index (κ2) is 7.48. The molecule has 0 amide bonds. The van der Waals surface area contributed by atoms with Crippen molar-refractivity contribution in [3.63, 3.8) is 0 Å². The highest BCUT2D eigenvalue weighted by Crippen LogP contribution is 2.31. The molecule has 3 rings (SSSR count). The number of hydrogen-bond acceptors (Lipinski definition) is 4. The summed E-state index contributed by atoms with van der Waals surface area (Å²) in [7, 11) is -2.44. The summed E-state index contributed by atoms with van der Waals surface area (Å²) in [6, 6.07) is 17.0. The van der Waals surface area contributed by atoms with Gasteiger partial charge in [0.15, 0.2) is 5.69 Å². The van der Waals surface area contributed by atoms with Gasteiger partial charge in [-0.2, -0.15) is 0 Å². The van der Waals surface area contributed by atoms with E-state index in [4.69, 9.17) is 11.3 Å². The molecule has 0 atom stereocenters. The summed E-state index contributed by atoms with van der Waals surface area (Å²) >= 11 is 0. The van der Waals surface area contributed by atoms with Crippen LogP contribution in [0.25, 0.3) is 16.0 Å². The van der Waals surface area contributed by atoms with Crippen LogP contribution < -0.4 is 9.46 Å². The maximum absolute atomic E-state index is 12.8. The predicted octanol–water partition coefficient (Wildman–Crippen LogP) is 4.42. The van der Waals surface area contributed by atoms with Crippen molar-refractivity contribution in [2.75, 3.05) is 11.8 Å². The number of methoxy groups -OCH3 is 1. The normalized spacial score (nSPS) is 10.9. The number of pyridine rings is 1. The third kappa shape index (κ3) is 4.07. The minimum atomic E-state index is -3.86. The van der Waals surface area contributed by atoms with E-state index in [0.717, 1.165) is 11.1 Å². The molecule has 0 aliphatic carbocycles. The van der Waals surface area contributed by atoms with Gasteiger partial charge in [0.2, 0.25) is 0 Å². The molecule has 0 saturated carbocycles. The standard InChI is InChI=1S/C20H17N3O3S/c1-14-5-4-6-20(22-14)23-27(24,25)19-12-9-16(13-18(19)26-3)15-7-10-17(21-2)11-8-15/h4-13H,1,3H3,(H,22,23). The predicted molar refractivity (Wildman–Crippen MR) is 104 cm³/mol. The van der Waals surface area contributed by atoms with Gasteiger partial charge in [0.25, 0.3) is 10.0 Å². The molecule has 0 aliphatic heterocycles. The average molecular weight is 379 g/mol. The monoisotopic (exact) mass is 379 g/mol. The van der Waals surface area contributed by atoms with Gasteiger partial charge in [-0.25, -0.2) is 18.2 Å². The van der Waals surface area contributed by atoms with Crippen LogP contribution >= 0.6 is 0 Å². The molecule has 0 spiro atoms. The number of aryl methyl sites for hydroxylation is 1. The Morgan fingerprint density at radius 3 is 2.37 bits per heavy atom. The van der Waals surface area contributed by atoms with Crippen LogP contribution in [0.4, 0.5) is 11.5 Å². The first-order valence-corrected chi connectivity index (χ1v) is 9.53. The molecule has 27 heavy (non-hydrogen) atoms. The lowest BCUT2D eigenvalue weighted by atomic mass is 10.1. The molecule has 1 heterocycles. The van der Waals surface area contributed by atoms with E-state index >= 15 is 0 Å². The van der Waals surface area contributed by atoms with Gasteiger partial charge in [0.05, 0.1) is 13.7 Å². The van der Waals surface area contributed by atoms with Crippen molar-refractivity contribution in [3.8, 4) is 16.9 Å². The number of anilines is 1. The van der Waals surface area contributed by atoms with E-state index < -0.39 is 10.0 Å². The van der Waals surface area contributed by atoms with Crippen LogP contribution in [0.2, 0.25) is 0 Å². The first-order valence-electron chi connectivity index (χ1n) is 8.05. The topological polar surface area (TPSA) is 72.7 Å². The fourth-order valence-electron chi connectivity index (χ4n) is 2.59. The Bertz CT molecular complexity index is 1120. The van der Waals surface area contributed by atoms with Crippen LogP contribution in [0.3, 0.4) is 0 Å². The largest absolute Gasteiger partial charge is 0.495 e. The second-order valence-electron chi connectivity index (χ2n) is 5.79. The Morgan fingerprint density at radius 2 is 1.74 bits per heavy atom. The van der Waals surface area contributed by atoms with Gasteiger partial charge in [-0.1, -0.05) is 36.4 Å². The van der Waals surface area contributed by atoms with Gasteiger partial charge in [0, 0.05) is 5.69 Å². The molecule has 0 aliphatic rings. The zero-order chi connectivity index (χ0) is 19.4. The number of ether oxygens (including phenoxy) is 1. The van der Waals surface area contributed by atoms with Crippen LogP contribution in [0.1, 0.15) is 5.69 Å². The molecule has 0 saturated heterocycles. The Balaban J connectivity index is 1.97. The highest BCUT2D eigenvalue weighted by molar-refractivity contribution is 7.92. The summed E-state index contributed by atoms with van der Waals surface area (Å²) in [6.45, 7) is 8.80. The quantitative estimate of drug-likeness (QED) is 0.666. The second-order valence-corrected chi connectivity index (χ2v) is 7.44. The Kier molecular flexibility index (Phi) is 5.10. The van der Waals surface area contributed by atoms with Crippen LogP contribution in [-0.2, 0) is 10.0 Å². The summed E-state index contributed by atoms with van der Waals surface area (Å²) in [4.78, 5) is 7.55. The molecule has 6 nitrogen and oxygen atoms in total. The number of nitrogens with zero attached hydrogens (tertiary/aromatic N) is 2. The van der Waals surface area contributed by atoms with Gasteiger partial charge < -0.3 is 4.74 Å². The number of aromatic nitrogens is 1. The minimum Gasteiger partial charge on any atom is -0.495 e. The summed E-state index contributed by atoms with van der Waals surface area (Å²) in [6.07, 6.45) is 0. The van der Waals surface area contributed by atoms with E-state index in [-0.39, 0.29) is 16.5 Å². The molecule has 0 unspecified atom stereocenters. The first-order chi connectivity index (χ1) is 12.9. The lowest BCUT2D eigenvalue weighted by molar-refractivity contribution is 0.403. The van der Waals surface area contributed by atoms with E-state index in [1.54, 1.807) is 49.4 Å². The van der Waals surface area contributed by atoms with Gasteiger partial charge in [-0.3, -0.25) is 4.72 Å². The highest BCUT2D eigenvalue weighted by atomic mass is 32.2. The lowest BCUT2D eigenvalue weighted by Crippen LogP contribution is -2.15. The zero-order valence-corrected chi connectivity index (χ0v) is 15.6. The lowest BCUT2D eigenvalue weighted by Gasteiger charge is -2.13. The van der Waals surface area contributed by atoms with Gasteiger partial charge in [-0.05, 0) is 42.3 Å². The fraction of sp³-hybridized carbons (Fsp3) is 0.100. The van der Waals surface area contributed by atoms with Crippen molar-refractivity contribution in [3.05, 3.63) is 77.8 Å². The zero-order valence-electron chi connectivity index (χ0n) is 14.8. The van der Waals surface area contributed by atoms with Crippen molar-refractivity contribution < 1.29 is 13.2 Å². The van der Waals surface area contributed by atoms with Crippen LogP contribution in [0.5, 0.6) is 5.75 Å². The third-order valence-electron chi connectivity index (χ3n) is 3.91. The molecule has 1 aromatic heterocycles. The Hall–Kier alpha value is -3.37. The minimum absolute atomic E-state index is 0.0230. The fourth-order valence-corrected chi connectivity index (χ4v) is 3.74. The first kappa shape index (κ1) is 18.4. The molecule has 0 radical (unpaired) electrons. The van der Waals surface area contributed by atoms with Gasteiger partial charge in [0.1, 0.15) is 16.5 Å². The van der Waals surface area contributed by atoms with Crippen LogP contribution in [-0.4, -0.2) is 20.5 Å². The van der Waals surface area contributed by atoms with E-state index in [2.05, 4.69) is 14.6 Å². The molecule has 7 heteroatoms. The number of benzene rings is 2. The van der Waals surface area contributed by atoms with E-state index in [9.17, 15) is 8.42 Å². The Labute approximate surface area is 158 Å². The van der Waals surface area contributed by atoms with E-state index in [1.807, 2.05) is 12.1 Å². The molecule has 136 valence electrons. The molecule has 0 bridgehead atoms. The molecule has 2 aromatic carbocycles. The van der Waals surface area contributed by atoms with Crippen LogP contribution in [0.15, 0.2) is 65.6 Å². The van der Waals surface area contributed by atoms with Crippen molar-refractivity contribution >= 4 is 21.5 Å². The van der Waals surface area contributed by atoms with Gasteiger partial charge >= 0.3 is 0 Å². The number of hydrogen-bond donors (Lipinski definition) is 1. The highest BCUT2D eigenvalue weighted by Gasteiger charge is 2.21. The molecule has 3 aromatic rings. The maximum atomic E-state index is 12.8.